The van der Waals surface area contributed by atoms with Gasteiger partial charge in [0.15, 0.2) is 0 Å². The Balaban J connectivity index is 2.45. The maximum Gasteiger partial charge on any atom is 0.138 e. The fraction of sp³-hybridized carbons (Fsp3) is 0.200. The second-order valence-corrected chi connectivity index (χ2v) is 3.93. The molecule has 0 atom stereocenters. The molecule has 0 aliphatic carbocycles. The number of para-hydroxylation sites is 1. The van der Waals surface area contributed by atoms with Crippen molar-refractivity contribution >= 4 is 15.9 Å². The smallest absolute Gasteiger partial charge is 0.138 e. The van der Waals surface area contributed by atoms with Crippen molar-refractivity contribution in [3.8, 4) is 5.69 Å². The molecule has 0 radical (unpaired) electrons. The largest absolute Gasteiger partial charge is 0.330 e. The minimum absolute atomic E-state index is 0.573. The molecule has 78 valence electrons. The van der Waals surface area contributed by atoms with Crippen LogP contribution in [0.2, 0.25) is 0 Å². The lowest BCUT2D eigenvalue weighted by atomic mass is 10.3. The van der Waals surface area contributed by atoms with E-state index in [1.54, 1.807) is 11.0 Å². The monoisotopic (exact) mass is 266 g/mol. The lowest BCUT2D eigenvalue weighted by molar-refractivity contribution is 0.773. The molecule has 0 aliphatic rings. The molecule has 0 amide bonds. The minimum Gasteiger partial charge on any atom is -0.330 e. The summed E-state index contributed by atoms with van der Waals surface area (Å²) in [5.74, 6) is 0.879. The van der Waals surface area contributed by atoms with Gasteiger partial charge in [-0.2, -0.15) is 5.10 Å². The van der Waals surface area contributed by atoms with Gasteiger partial charge in [0, 0.05) is 10.9 Å². The van der Waals surface area contributed by atoms with Gasteiger partial charge in [0.2, 0.25) is 0 Å². The molecular formula is C10H11BrN4. The first-order chi connectivity index (χ1) is 7.33. The zero-order valence-electron chi connectivity index (χ0n) is 8.10. The number of hydrogen-bond acceptors (Lipinski definition) is 3. The van der Waals surface area contributed by atoms with E-state index in [9.17, 15) is 0 Å². The summed E-state index contributed by atoms with van der Waals surface area (Å²) in [5, 5.41) is 4.19. The first-order valence-electron chi connectivity index (χ1n) is 4.67. The number of aromatic nitrogens is 3. The van der Waals surface area contributed by atoms with Crippen molar-refractivity contribution in [1.29, 1.82) is 0 Å². The molecular weight excluding hydrogens is 256 g/mol. The van der Waals surface area contributed by atoms with E-state index in [0.717, 1.165) is 22.4 Å². The number of rotatable bonds is 3. The molecule has 4 nitrogen and oxygen atoms in total. The highest BCUT2D eigenvalue weighted by atomic mass is 79.9. The molecule has 0 saturated carbocycles. The van der Waals surface area contributed by atoms with Crippen LogP contribution in [-0.2, 0) is 6.42 Å². The molecule has 0 fully saturated rings. The van der Waals surface area contributed by atoms with Crippen molar-refractivity contribution in [1.82, 2.24) is 14.8 Å². The third-order valence-electron chi connectivity index (χ3n) is 2.07. The zero-order valence-corrected chi connectivity index (χ0v) is 9.68. The SMILES string of the molecule is NCCc1ncnn1-c1ccccc1Br. The highest BCUT2D eigenvalue weighted by Crippen LogP contribution is 2.20. The Labute approximate surface area is 96.3 Å². The van der Waals surface area contributed by atoms with E-state index >= 15 is 0 Å². The molecule has 1 aromatic carbocycles. The Hall–Kier alpha value is -1.20. The fourth-order valence-electron chi connectivity index (χ4n) is 1.39. The Morgan fingerprint density at radius 3 is 2.87 bits per heavy atom. The van der Waals surface area contributed by atoms with E-state index in [4.69, 9.17) is 5.73 Å². The van der Waals surface area contributed by atoms with Crippen molar-refractivity contribution in [2.45, 2.75) is 6.42 Å². The van der Waals surface area contributed by atoms with Gasteiger partial charge in [-0.1, -0.05) is 12.1 Å². The van der Waals surface area contributed by atoms with Crippen molar-refractivity contribution < 1.29 is 0 Å². The summed E-state index contributed by atoms with van der Waals surface area (Å²) in [6, 6.07) is 7.89. The standard InChI is InChI=1S/C10H11BrN4/c11-8-3-1-2-4-9(8)15-10(5-6-12)13-7-14-15/h1-4,7H,5-6,12H2. The van der Waals surface area contributed by atoms with E-state index in [1.807, 2.05) is 24.3 Å². The molecule has 5 heteroatoms. The van der Waals surface area contributed by atoms with Gasteiger partial charge in [-0.25, -0.2) is 9.67 Å². The molecule has 1 aromatic heterocycles. The van der Waals surface area contributed by atoms with Crippen molar-refractivity contribution in [3.63, 3.8) is 0 Å². The summed E-state index contributed by atoms with van der Waals surface area (Å²) in [6.07, 6.45) is 2.27. The van der Waals surface area contributed by atoms with Crippen LogP contribution in [0.3, 0.4) is 0 Å². The van der Waals surface area contributed by atoms with Gasteiger partial charge in [-0.3, -0.25) is 0 Å². The predicted molar refractivity (Wildman–Crippen MR) is 61.8 cm³/mol. The summed E-state index contributed by atoms with van der Waals surface area (Å²) in [6.45, 7) is 0.573. The van der Waals surface area contributed by atoms with Crippen LogP contribution in [-0.4, -0.2) is 21.3 Å². The molecule has 0 saturated heterocycles. The number of benzene rings is 1. The molecule has 2 aromatic rings. The van der Waals surface area contributed by atoms with Crippen LogP contribution < -0.4 is 5.73 Å². The first-order valence-corrected chi connectivity index (χ1v) is 5.46. The van der Waals surface area contributed by atoms with Crippen LogP contribution in [0.15, 0.2) is 35.1 Å². The molecule has 0 spiro atoms. The second-order valence-electron chi connectivity index (χ2n) is 3.08. The van der Waals surface area contributed by atoms with Crippen molar-refractivity contribution in [2.24, 2.45) is 5.73 Å². The van der Waals surface area contributed by atoms with Gasteiger partial charge < -0.3 is 5.73 Å². The van der Waals surface area contributed by atoms with Crippen LogP contribution in [0.5, 0.6) is 0 Å². The maximum atomic E-state index is 5.51. The normalized spacial score (nSPS) is 10.5. The Morgan fingerprint density at radius 2 is 2.13 bits per heavy atom. The second kappa shape index (κ2) is 4.55. The van der Waals surface area contributed by atoms with Crippen LogP contribution >= 0.6 is 15.9 Å². The summed E-state index contributed by atoms with van der Waals surface area (Å²) < 4.78 is 2.80. The number of nitrogens with zero attached hydrogens (tertiary/aromatic N) is 3. The lowest BCUT2D eigenvalue weighted by Gasteiger charge is -2.06. The summed E-state index contributed by atoms with van der Waals surface area (Å²) in [4.78, 5) is 4.17. The third-order valence-corrected chi connectivity index (χ3v) is 2.74. The van der Waals surface area contributed by atoms with Gasteiger partial charge in [0.05, 0.1) is 5.69 Å². The van der Waals surface area contributed by atoms with Crippen LogP contribution in [0.25, 0.3) is 5.69 Å². The Kier molecular flexibility index (Phi) is 3.13. The number of nitrogens with two attached hydrogens (primary N) is 1. The highest BCUT2D eigenvalue weighted by Gasteiger charge is 2.07. The molecule has 1 heterocycles. The quantitative estimate of drug-likeness (QED) is 0.917. The molecule has 2 N–H and O–H groups in total. The van der Waals surface area contributed by atoms with Crippen molar-refractivity contribution in [3.05, 3.63) is 40.9 Å². The van der Waals surface area contributed by atoms with Crippen LogP contribution in [0, 0.1) is 0 Å². The van der Waals surface area contributed by atoms with E-state index in [1.165, 1.54) is 0 Å². The van der Waals surface area contributed by atoms with Gasteiger partial charge in [0.25, 0.3) is 0 Å². The summed E-state index contributed by atoms with van der Waals surface area (Å²) >= 11 is 3.48. The first kappa shape index (κ1) is 10.3. The van der Waals surface area contributed by atoms with Gasteiger partial charge >= 0.3 is 0 Å². The Bertz CT molecular complexity index is 452. The van der Waals surface area contributed by atoms with E-state index in [0.29, 0.717) is 6.54 Å². The number of hydrogen-bond donors (Lipinski definition) is 1. The van der Waals surface area contributed by atoms with Crippen LogP contribution in [0.1, 0.15) is 5.82 Å². The molecule has 15 heavy (non-hydrogen) atoms. The Morgan fingerprint density at radius 1 is 1.33 bits per heavy atom. The van der Waals surface area contributed by atoms with E-state index in [-0.39, 0.29) is 0 Å². The summed E-state index contributed by atoms with van der Waals surface area (Å²) in [5.41, 5.74) is 6.50. The third kappa shape index (κ3) is 2.08. The molecule has 2 rings (SSSR count). The van der Waals surface area contributed by atoms with Crippen LogP contribution in [0.4, 0.5) is 0 Å². The topological polar surface area (TPSA) is 56.7 Å². The van der Waals surface area contributed by atoms with Gasteiger partial charge in [0.1, 0.15) is 12.2 Å². The van der Waals surface area contributed by atoms with Gasteiger partial charge in [-0.05, 0) is 34.6 Å². The maximum absolute atomic E-state index is 5.51. The van der Waals surface area contributed by atoms with E-state index < -0.39 is 0 Å². The van der Waals surface area contributed by atoms with Gasteiger partial charge in [-0.15, -0.1) is 0 Å². The van der Waals surface area contributed by atoms with E-state index in [2.05, 4.69) is 26.0 Å². The van der Waals surface area contributed by atoms with Crippen molar-refractivity contribution in [2.75, 3.05) is 6.54 Å². The zero-order chi connectivity index (χ0) is 10.7. The molecule has 0 aliphatic heterocycles. The summed E-state index contributed by atoms with van der Waals surface area (Å²) in [7, 11) is 0. The molecule has 0 unspecified atom stereocenters. The number of halogens is 1. The average Bonchev–Trinajstić information content (AvgIpc) is 2.67. The predicted octanol–water partition coefficient (Wildman–Crippen LogP) is 1.53. The molecule has 0 bridgehead atoms. The lowest BCUT2D eigenvalue weighted by Crippen LogP contribution is -2.10. The fourth-order valence-corrected chi connectivity index (χ4v) is 1.84. The highest BCUT2D eigenvalue weighted by molar-refractivity contribution is 9.10. The average molecular weight is 267 g/mol. The minimum atomic E-state index is 0.573.